The van der Waals surface area contributed by atoms with Crippen molar-refractivity contribution in [3.8, 4) is 0 Å². The second kappa shape index (κ2) is 6.17. The van der Waals surface area contributed by atoms with Gasteiger partial charge in [-0.3, -0.25) is 0 Å². The first-order valence-corrected chi connectivity index (χ1v) is 8.54. The van der Waals surface area contributed by atoms with E-state index < -0.39 is 0 Å². The Labute approximate surface area is 147 Å². The minimum absolute atomic E-state index is 0.154. The van der Waals surface area contributed by atoms with Gasteiger partial charge in [0.2, 0.25) is 0 Å². The summed E-state index contributed by atoms with van der Waals surface area (Å²) in [6.07, 6.45) is 0. The fourth-order valence-corrected chi connectivity index (χ4v) is 4.00. The number of fused-ring (bicyclic) bond motifs is 1. The molecule has 0 aliphatic carbocycles. The summed E-state index contributed by atoms with van der Waals surface area (Å²) in [6.45, 7) is 4.23. The van der Waals surface area contributed by atoms with Crippen molar-refractivity contribution < 1.29 is 0 Å². The van der Waals surface area contributed by atoms with E-state index in [1.807, 2.05) is 36.4 Å². The Morgan fingerprint density at radius 1 is 0.680 bits per heavy atom. The standard InChI is InChI=1S/C22H20N2O/c1-15-13-14-16(2)20-19(15)21(17-9-5-3-6-10-17)24(23-25)22(20)18-11-7-4-8-12-18/h3-14,21-22H,1-2H3/t21-,22-/m0/s1. The first-order valence-electron chi connectivity index (χ1n) is 8.54. The van der Waals surface area contributed by atoms with E-state index in [-0.39, 0.29) is 12.1 Å². The highest BCUT2D eigenvalue weighted by Gasteiger charge is 2.42. The molecule has 0 radical (unpaired) electrons. The van der Waals surface area contributed by atoms with E-state index in [2.05, 4.69) is 55.5 Å². The van der Waals surface area contributed by atoms with Crippen molar-refractivity contribution in [2.75, 3.05) is 0 Å². The summed E-state index contributed by atoms with van der Waals surface area (Å²) in [5.74, 6) is 0. The Balaban J connectivity index is 2.00. The third-order valence-electron chi connectivity index (χ3n) is 5.12. The van der Waals surface area contributed by atoms with E-state index in [0.717, 1.165) is 11.1 Å². The highest BCUT2D eigenvalue weighted by molar-refractivity contribution is 5.54. The summed E-state index contributed by atoms with van der Waals surface area (Å²) >= 11 is 0. The van der Waals surface area contributed by atoms with Crippen LogP contribution in [0.4, 0.5) is 0 Å². The predicted octanol–water partition coefficient (Wildman–Crippen LogP) is 5.48. The third kappa shape index (κ3) is 2.43. The van der Waals surface area contributed by atoms with Crippen molar-refractivity contribution in [3.05, 3.63) is 111 Å². The predicted molar refractivity (Wildman–Crippen MR) is 100 cm³/mol. The third-order valence-corrected chi connectivity index (χ3v) is 5.12. The molecule has 3 nitrogen and oxygen atoms in total. The number of aryl methyl sites for hydroxylation is 2. The quantitative estimate of drug-likeness (QED) is 0.596. The number of hydrogen-bond acceptors (Lipinski definition) is 2. The molecule has 3 aromatic rings. The summed E-state index contributed by atoms with van der Waals surface area (Å²) in [5, 5.41) is 5.20. The molecule has 0 spiro atoms. The molecule has 0 fully saturated rings. The van der Waals surface area contributed by atoms with Gasteiger partial charge in [-0.15, -0.1) is 4.91 Å². The van der Waals surface area contributed by atoms with Crippen LogP contribution in [0.3, 0.4) is 0 Å². The molecule has 1 aliphatic heterocycles. The monoisotopic (exact) mass is 328 g/mol. The van der Waals surface area contributed by atoms with Gasteiger partial charge in [0.25, 0.3) is 0 Å². The highest BCUT2D eigenvalue weighted by atomic mass is 16.3. The maximum absolute atomic E-state index is 11.9. The van der Waals surface area contributed by atoms with Crippen LogP contribution < -0.4 is 0 Å². The van der Waals surface area contributed by atoms with Crippen LogP contribution >= 0.6 is 0 Å². The van der Waals surface area contributed by atoms with Gasteiger partial charge in [-0.2, -0.15) is 0 Å². The Morgan fingerprint density at radius 2 is 1.08 bits per heavy atom. The largest absolute Gasteiger partial charge is 0.237 e. The van der Waals surface area contributed by atoms with E-state index in [0.29, 0.717) is 0 Å². The van der Waals surface area contributed by atoms with E-state index in [4.69, 9.17) is 0 Å². The van der Waals surface area contributed by atoms with Crippen LogP contribution in [0.15, 0.2) is 78.1 Å². The van der Waals surface area contributed by atoms with Crippen molar-refractivity contribution in [1.82, 2.24) is 5.01 Å². The second-order valence-corrected chi connectivity index (χ2v) is 6.61. The van der Waals surface area contributed by atoms with Crippen molar-refractivity contribution >= 4 is 0 Å². The fraction of sp³-hybridized carbons (Fsp3) is 0.182. The number of benzene rings is 3. The van der Waals surface area contributed by atoms with Gasteiger partial charge in [-0.1, -0.05) is 72.8 Å². The maximum Gasteiger partial charge on any atom is 0.102 e. The molecule has 0 amide bonds. The van der Waals surface area contributed by atoms with E-state index >= 15 is 0 Å². The molecule has 0 saturated carbocycles. The van der Waals surface area contributed by atoms with Crippen molar-refractivity contribution in [3.63, 3.8) is 0 Å². The van der Waals surface area contributed by atoms with Crippen LogP contribution in [0.5, 0.6) is 0 Å². The molecule has 0 N–H and O–H groups in total. The number of hydrogen-bond donors (Lipinski definition) is 0. The lowest BCUT2D eigenvalue weighted by atomic mass is 9.89. The fourth-order valence-electron chi connectivity index (χ4n) is 4.00. The lowest BCUT2D eigenvalue weighted by Crippen LogP contribution is -2.22. The number of nitroso groups, excluding NO2 is 1. The summed E-state index contributed by atoms with van der Waals surface area (Å²) < 4.78 is 0. The SMILES string of the molecule is Cc1ccc(C)c2c1[C@H](c1ccccc1)N(N=O)[C@H]2c1ccccc1. The van der Waals surface area contributed by atoms with Crippen LogP contribution in [0.1, 0.15) is 45.5 Å². The maximum atomic E-state index is 11.9. The zero-order valence-corrected chi connectivity index (χ0v) is 14.4. The molecule has 3 aromatic carbocycles. The van der Waals surface area contributed by atoms with Crippen LogP contribution in [-0.4, -0.2) is 5.01 Å². The smallest absolute Gasteiger partial charge is 0.102 e. The normalized spacial score (nSPS) is 18.9. The first-order chi connectivity index (χ1) is 12.2. The minimum atomic E-state index is -0.154. The van der Waals surface area contributed by atoms with E-state index in [1.165, 1.54) is 22.3 Å². The Bertz CT molecular complexity index is 834. The van der Waals surface area contributed by atoms with Gasteiger partial charge in [-0.05, 0) is 47.2 Å². The summed E-state index contributed by atoms with van der Waals surface area (Å²) in [6, 6.07) is 24.3. The van der Waals surface area contributed by atoms with Gasteiger partial charge in [0.05, 0.1) is 5.29 Å². The van der Waals surface area contributed by atoms with Crippen molar-refractivity contribution in [1.29, 1.82) is 0 Å². The van der Waals surface area contributed by atoms with Gasteiger partial charge in [-0.25, -0.2) is 5.01 Å². The molecule has 1 heterocycles. The minimum Gasteiger partial charge on any atom is -0.237 e. The summed E-state index contributed by atoms with van der Waals surface area (Å²) in [7, 11) is 0. The van der Waals surface area contributed by atoms with Gasteiger partial charge in [0.15, 0.2) is 0 Å². The lowest BCUT2D eigenvalue weighted by Gasteiger charge is -2.25. The molecule has 0 aromatic heterocycles. The molecule has 124 valence electrons. The number of nitrogens with zero attached hydrogens (tertiary/aromatic N) is 2. The van der Waals surface area contributed by atoms with Crippen LogP contribution in [0.2, 0.25) is 0 Å². The zero-order valence-electron chi connectivity index (χ0n) is 14.4. The van der Waals surface area contributed by atoms with Gasteiger partial charge in [0.1, 0.15) is 12.1 Å². The van der Waals surface area contributed by atoms with Crippen molar-refractivity contribution in [2.24, 2.45) is 5.29 Å². The number of rotatable bonds is 3. The molecule has 3 heteroatoms. The van der Waals surface area contributed by atoms with Gasteiger partial charge in [0, 0.05) is 0 Å². The summed E-state index contributed by atoms with van der Waals surface area (Å²) in [4.78, 5) is 11.9. The van der Waals surface area contributed by atoms with Crippen LogP contribution in [0.25, 0.3) is 0 Å². The topological polar surface area (TPSA) is 32.7 Å². The molecule has 25 heavy (non-hydrogen) atoms. The zero-order chi connectivity index (χ0) is 17.4. The molecule has 4 rings (SSSR count). The average Bonchev–Trinajstić information content (AvgIpc) is 3.02. The molecular weight excluding hydrogens is 308 g/mol. The second-order valence-electron chi connectivity index (χ2n) is 6.61. The Hall–Kier alpha value is -2.94. The molecule has 2 atom stereocenters. The average molecular weight is 328 g/mol. The summed E-state index contributed by atoms with van der Waals surface area (Å²) in [5.41, 5.74) is 6.99. The molecule has 0 bridgehead atoms. The highest BCUT2D eigenvalue weighted by Crippen LogP contribution is 2.50. The molecular formula is C22H20N2O. The first kappa shape index (κ1) is 15.6. The van der Waals surface area contributed by atoms with Gasteiger partial charge >= 0.3 is 0 Å². The Morgan fingerprint density at radius 3 is 1.44 bits per heavy atom. The van der Waals surface area contributed by atoms with Crippen LogP contribution in [0, 0.1) is 18.8 Å². The molecule has 0 unspecified atom stereocenters. The van der Waals surface area contributed by atoms with E-state index in [9.17, 15) is 4.91 Å². The van der Waals surface area contributed by atoms with Crippen molar-refractivity contribution in [2.45, 2.75) is 25.9 Å². The molecule has 1 aliphatic rings. The van der Waals surface area contributed by atoms with Crippen LogP contribution in [-0.2, 0) is 0 Å². The van der Waals surface area contributed by atoms with E-state index in [1.54, 1.807) is 5.01 Å². The molecule has 0 saturated heterocycles. The lowest BCUT2D eigenvalue weighted by molar-refractivity contribution is 0.215. The van der Waals surface area contributed by atoms with Gasteiger partial charge < -0.3 is 0 Å². The Kier molecular flexibility index (Phi) is 3.85.